The maximum atomic E-state index is 6.33. The Hall–Kier alpha value is -2.54. The van der Waals surface area contributed by atoms with Crippen LogP contribution in [0.15, 0.2) is 91.0 Å². The molecule has 5 nitrogen and oxygen atoms in total. The minimum Gasteiger partial charge on any atom is -0.365 e. The van der Waals surface area contributed by atoms with Gasteiger partial charge in [0.15, 0.2) is 12.6 Å². The molecule has 0 saturated carbocycles. The van der Waals surface area contributed by atoms with Gasteiger partial charge in [0, 0.05) is 5.56 Å². The molecule has 0 spiro atoms. The molecule has 0 bridgehead atoms. The van der Waals surface area contributed by atoms with Crippen LogP contribution in [0, 0.1) is 0 Å². The van der Waals surface area contributed by atoms with Gasteiger partial charge in [-0.2, -0.15) is 0 Å². The summed E-state index contributed by atoms with van der Waals surface area (Å²) < 4.78 is 31.0. The van der Waals surface area contributed by atoms with E-state index >= 15 is 0 Å². The molecule has 2 aliphatic rings. The summed E-state index contributed by atoms with van der Waals surface area (Å²) in [6.45, 7) is 1.29. The molecule has 5 heteroatoms. The van der Waals surface area contributed by atoms with Gasteiger partial charge in [0.1, 0.15) is 18.3 Å². The molecule has 0 aliphatic carbocycles. The topological polar surface area (TPSA) is 46.2 Å². The molecular weight excluding hydrogens is 392 g/mol. The number of benzene rings is 3. The molecule has 0 unspecified atom stereocenters. The molecule has 5 atom stereocenters. The first kappa shape index (κ1) is 20.4. The lowest BCUT2D eigenvalue weighted by atomic mass is 10.1. The van der Waals surface area contributed by atoms with E-state index in [4.69, 9.17) is 23.7 Å². The molecule has 2 saturated heterocycles. The smallest absolute Gasteiger partial charge is 0.186 e. The van der Waals surface area contributed by atoms with Crippen molar-refractivity contribution in [3.8, 4) is 0 Å². The fourth-order valence-corrected chi connectivity index (χ4v) is 3.96. The van der Waals surface area contributed by atoms with Crippen molar-refractivity contribution in [1.82, 2.24) is 0 Å². The van der Waals surface area contributed by atoms with Gasteiger partial charge in [-0.3, -0.25) is 0 Å². The fourth-order valence-electron chi connectivity index (χ4n) is 3.96. The zero-order chi connectivity index (χ0) is 20.9. The Morgan fingerprint density at radius 2 is 1.26 bits per heavy atom. The summed E-state index contributed by atoms with van der Waals surface area (Å²) in [5.41, 5.74) is 3.16. The monoisotopic (exact) mass is 418 g/mol. The molecular formula is C26H26O5. The molecule has 2 fully saturated rings. The zero-order valence-electron chi connectivity index (χ0n) is 17.2. The lowest BCUT2D eigenvalue weighted by molar-refractivity contribution is -0.269. The molecule has 31 heavy (non-hydrogen) atoms. The highest BCUT2D eigenvalue weighted by Crippen LogP contribution is 2.38. The van der Waals surface area contributed by atoms with Crippen molar-refractivity contribution in [2.75, 3.05) is 6.61 Å². The minimum absolute atomic E-state index is 0.206. The van der Waals surface area contributed by atoms with Crippen molar-refractivity contribution >= 4 is 0 Å². The predicted octanol–water partition coefficient (Wildman–Crippen LogP) is 4.63. The van der Waals surface area contributed by atoms with Crippen molar-refractivity contribution < 1.29 is 23.7 Å². The molecule has 2 aliphatic heterocycles. The second kappa shape index (κ2) is 9.73. The Labute approximate surface area is 182 Å². The maximum Gasteiger partial charge on any atom is 0.186 e. The highest BCUT2D eigenvalue weighted by atomic mass is 16.8. The number of ether oxygens (including phenoxy) is 5. The molecule has 3 aromatic rings. The van der Waals surface area contributed by atoms with Crippen LogP contribution in [0.2, 0.25) is 0 Å². The van der Waals surface area contributed by atoms with E-state index in [2.05, 4.69) is 0 Å². The number of fused-ring (bicyclic) bond motifs is 1. The maximum absolute atomic E-state index is 6.33. The van der Waals surface area contributed by atoms with Gasteiger partial charge in [0.2, 0.25) is 0 Å². The van der Waals surface area contributed by atoms with Crippen molar-refractivity contribution in [3.05, 3.63) is 108 Å². The fraction of sp³-hybridized carbons (Fsp3) is 0.308. The summed E-state index contributed by atoms with van der Waals surface area (Å²) in [5, 5.41) is 0. The lowest BCUT2D eigenvalue weighted by Gasteiger charge is -2.37. The predicted molar refractivity (Wildman–Crippen MR) is 115 cm³/mol. The second-order valence-corrected chi connectivity index (χ2v) is 7.78. The summed E-state index contributed by atoms with van der Waals surface area (Å²) in [6, 6.07) is 30.1. The summed E-state index contributed by atoms with van der Waals surface area (Å²) >= 11 is 0. The number of hydrogen-bond donors (Lipinski definition) is 0. The summed E-state index contributed by atoms with van der Waals surface area (Å²) in [7, 11) is 0. The molecule has 3 aromatic carbocycles. The Balaban J connectivity index is 1.31. The van der Waals surface area contributed by atoms with Crippen LogP contribution in [-0.2, 0) is 36.9 Å². The third-order valence-corrected chi connectivity index (χ3v) is 5.58. The normalized spacial score (nSPS) is 27.7. The molecule has 5 rings (SSSR count). The molecule has 0 N–H and O–H groups in total. The molecule has 2 heterocycles. The van der Waals surface area contributed by atoms with Gasteiger partial charge in [-0.05, 0) is 11.1 Å². The average Bonchev–Trinajstić information content (AvgIpc) is 3.28. The van der Waals surface area contributed by atoms with Crippen molar-refractivity contribution in [3.63, 3.8) is 0 Å². The van der Waals surface area contributed by atoms with E-state index in [1.165, 1.54) is 0 Å². The highest BCUT2D eigenvalue weighted by molar-refractivity contribution is 5.18. The lowest BCUT2D eigenvalue weighted by Crippen LogP contribution is -2.53. The van der Waals surface area contributed by atoms with Gasteiger partial charge in [-0.25, -0.2) is 0 Å². The van der Waals surface area contributed by atoms with Gasteiger partial charge in [-0.1, -0.05) is 91.0 Å². The summed E-state index contributed by atoms with van der Waals surface area (Å²) in [4.78, 5) is 0. The SMILES string of the molecule is c1ccc(CO[C@H]2OC[C@@H]3O[C@H](c4ccccc4)O[C@@H]3[C@H]2OCc2ccccc2)cc1. The van der Waals surface area contributed by atoms with Crippen molar-refractivity contribution in [1.29, 1.82) is 0 Å². The standard InChI is InChI=1S/C26H26O5/c1-4-10-19(11-5-1)16-27-24-23-22(30-25(31-23)21-14-8-3-9-15-21)18-29-26(24)28-17-20-12-6-2-7-13-20/h1-15,22-26H,16-18H2/t22-,23-,24+,25-,26-/m0/s1. The van der Waals surface area contributed by atoms with E-state index in [-0.39, 0.29) is 12.2 Å². The molecule has 0 amide bonds. The third kappa shape index (κ3) is 4.87. The molecule has 0 aromatic heterocycles. The first-order valence-electron chi connectivity index (χ1n) is 10.7. The van der Waals surface area contributed by atoms with Gasteiger partial charge in [-0.15, -0.1) is 0 Å². The van der Waals surface area contributed by atoms with Gasteiger partial charge < -0.3 is 23.7 Å². The van der Waals surface area contributed by atoms with Crippen LogP contribution >= 0.6 is 0 Å². The zero-order valence-corrected chi connectivity index (χ0v) is 17.2. The first-order valence-corrected chi connectivity index (χ1v) is 10.7. The van der Waals surface area contributed by atoms with Crippen LogP contribution < -0.4 is 0 Å². The van der Waals surface area contributed by atoms with Gasteiger partial charge in [0.05, 0.1) is 19.8 Å². The first-order chi connectivity index (χ1) is 15.4. The largest absolute Gasteiger partial charge is 0.365 e. The Kier molecular flexibility index (Phi) is 6.39. The Morgan fingerprint density at radius 3 is 1.90 bits per heavy atom. The number of rotatable bonds is 7. The quantitative estimate of drug-likeness (QED) is 0.560. The minimum atomic E-state index is -0.539. The van der Waals surface area contributed by atoms with E-state index in [0.29, 0.717) is 19.8 Å². The number of hydrogen-bond acceptors (Lipinski definition) is 5. The van der Waals surface area contributed by atoms with E-state index < -0.39 is 18.7 Å². The molecule has 0 radical (unpaired) electrons. The van der Waals surface area contributed by atoms with E-state index in [1.807, 2.05) is 91.0 Å². The van der Waals surface area contributed by atoms with Gasteiger partial charge in [0.25, 0.3) is 0 Å². The van der Waals surface area contributed by atoms with Crippen LogP contribution in [0.3, 0.4) is 0 Å². The summed E-state index contributed by atoms with van der Waals surface area (Å²) in [6.07, 6.45) is -1.86. The Morgan fingerprint density at radius 1 is 0.677 bits per heavy atom. The van der Waals surface area contributed by atoms with E-state index in [1.54, 1.807) is 0 Å². The third-order valence-electron chi connectivity index (χ3n) is 5.58. The second-order valence-electron chi connectivity index (χ2n) is 7.78. The van der Waals surface area contributed by atoms with Crippen molar-refractivity contribution in [2.24, 2.45) is 0 Å². The molecule has 160 valence electrons. The average molecular weight is 418 g/mol. The van der Waals surface area contributed by atoms with Crippen LogP contribution in [-0.4, -0.2) is 31.2 Å². The van der Waals surface area contributed by atoms with Gasteiger partial charge >= 0.3 is 0 Å². The van der Waals surface area contributed by atoms with Crippen molar-refractivity contribution in [2.45, 2.75) is 44.1 Å². The van der Waals surface area contributed by atoms with E-state index in [0.717, 1.165) is 16.7 Å². The van der Waals surface area contributed by atoms with E-state index in [9.17, 15) is 0 Å². The van der Waals surface area contributed by atoms with Crippen LogP contribution in [0.5, 0.6) is 0 Å². The Bertz CT molecular complexity index is 934. The van der Waals surface area contributed by atoms with Crippen LogP contribution in [0.1, 0.15) is 23.0 Å². The van der Waals surface area contributed by atoms with Crippen LogP contribution in [0.25, 0.3) is 0 Å². The van der Waals surface area contributed by atoms with Crippen LogP contribution in [0.4, 0.5) is 0 Å². The summed E-state index contributed by atoms with van der Waals surface area (Å²) in [5.74, 6) is 0. The highest BCUT2D eigenvalue weighted by Gasteiger charge is 2.49.